The maximum Gasteiger partial charge on any atom is 0.220 e. The first-order valence-corrected chi connectivity index (χ1v) is 10.1. The van der Waals surface area contributed by atoms with Crippen LogP contribution < -0.4 is 10.6 Å². The van der Waals surface area contributed by atoms with Gasteiger partial charge in [-0.3, -0.25) is 9.59 Å². The van der Waals surface area contributed by atoms with E-state index in [1.165, 1.54) is 38.5 Å². The van der Waals surface area contributed by atoms with Crippen LogP contribution in [0.2, 0.25) is 0 Å². The number of rotatable bonds is 7. The molecule has 0 aromatic carbocycles. The van der Waals surface area contributed by atoms with Crippen molar-refractivity contribution in [3.63, 3.8) is 0 Å². The minimum atomic E-state index is 0.162. The van der Waals surface area contributed by atoms with Crippen LogP contribution in [0.4, 0.5) is 0 Å². The molecule has 2 amide bonds. The van der Waals surface area contributed by atoms with E-state index < -0.39 is 0 Å². The number of carbonyl (C=O) groups is 2. The van der Waals surface area contributed by atoms with Gasteiger partial charge < -0.3 is 10.6 Å². The fourth-order valence-corrected chi connectivity index (χ4v) is 4.19. The quantitative estimate of drug-likeness (QED) is 0.692. The highest BCUT2D eigenvalue weighted by Crippen LogP contribution is 2.24. The molecular formula is C20H36N2O2. The van der Waals surface area contributed by atoms with Crippen molar-refractivity contribution in [3.8, 4) is 0 Å². The summed E-state index contributed by atoms with van der Waals surface area (Å²) in [6, 6.07) is 0.727. The number of carbonyl (C=O) groups excluding carboxylic acids is 2. The van der Waals surface area contributed by atoms with Gasteiger partial charge in [-0.05, 0) is 50.4 Å². The summed E-state index contributed by atoms with van der Waals surface area (Å²) in [6.07, 6.45) is 12.5. The fourth-order valence-electron chi connectivity index (χ4n) is 4.19. The molecule has 24 heavy (non-hydrogen) atoms. The van der Waals surface area contributed by atoms with E-state index in [-0.39, 0.29) is 11.8 Å². The van der Waals surface area contributed by atoms with Crippen LogP contribution >= 0.6 is 0 Å². The molecule has 4 nitrogen and oxygen atoms in total. The predicted molar refractivity (Wildman–Crippen MR) is 97.6 cm³/mol. The van der Waals surface area contributed by atoms with Crippen LogP contribution in [0.25, 0.3) is 0 Å². The first kappa shape index (κ1) is 19.3. The molecule has 2 N–H and O–H groups in total. The number of nitrogens with one attached hydrogen (secondary N) is 2. The number of hydrogen-bond acceptors (Lipinski definition) is 2. The Hall–Kier alpha value is -1.06. The molecule has 138 valence electrons. The van der Waals surface area contributed by atoms with Gasteiger partial charge in [0.05, 0.1) is 0 Å². The largest absolute Gasteiger partial charge is 0.353 e. The van der Waals surface area contributed by atoms with E-state index in [9.17, 15) is 9.59 Å². The van der Waals surface area contributed by atoms with Gasteiger partial charge >= 0.3 is 0 Å². The fraction of sp³-hybridized carbons (Fsp3) is 0.900. The van der Waals surface area contributed by atoms with Crippen molar-refractivity contribution in [1.82, 2.24) is 10.6 Å². The van der Waals surface area contributed by atoms with Gasteiger partial charge in [0.1, 0.15) is 0 Å². The van der Waals surface area contributed by atoms with Crippen LogP contribution in [0.15, 0.2) is 0 Å². The second-order valence-electron chi connectivity index (χ2n) is 8.08. The van der Waals surface area contributed by atoms with Crippen LogP contribution in [0.1, 0.15) is 90.9 Å². The monoisotopic (exact) mass is 336 g/mol. The summed E-state index contributed by atoms with van der Waals surface area (Å²) in [5, 5.41) is 6.38. The number of unbranched alkanes of at least 4 members (excludes halogenated alkanes) is 1. The van der Waals surface area contributed by atoms with Gasteiger partial charge in [-0.15, -0.1) is 0 Å². The molecule has 4 atom stereocenters. The first-order valence-electron chi connectivity index (χ1n) is 10.1. The lowest BCUT2D eigenvalue weighted by atomic mass is 9.86. The van der Waals surface area contributed by atoms with Gasteiger partial charge in [-0.25, -0.2) is 0 Å². The topological polar surface area (TPSA) is 58.2 Å². The molecule has 0 bridgehead atoms. The average molecular weight is 337 g/mol. The van der Waals surface area contributed by atoms with E-state index in [0.717, 1.165) is 25.7 Å². The van der Waals surface area contributed by atoms with E-state index in [0.29, 0.717) is 36.8 Å². The Morgan fingerprint density at radius 1 is 0.708 bits per heavy atom. The summed E-state index contributed by atoms with van der Waals surface area (Å²) >= 11 is 0. The van der Waals surface area contributed by atoms with E-state index in [1.807, 2.05) is 0 Å². The van der Waals surface area contributed by atoms with E-state index >= 15 is 0 Å². The standard InChI is InChI=1S/C20H36N2O2/c1-15-9-3-5-11-17(15)21-19(23)13-7-8-14-20(24)22-18-12-6-4-10-16(18)2/h15-18H,3-14H2,1-2H3,(H,21,23)(H,22,24)/t15-,16-,17-,18+/m1/s1. The summed E-state index contributed by atoms with van der Waals surface area (Å²) in [7, 11) is 0. The van der Waals surface area contributed by atoms with Crippen LogP contribution in [-0.4, -0.2) is 23.9 Å². The van der Waals surface area contributed by atoms with Gasteiger partial charge in [0.15, 0.2) is 0 Å². The van der Waals surface area contributed by atoms with Crippen LogP contribution in [0, 0.1) is 11.8 Å². The third-order valence-corrected chi connectivity index (χ3v) is 5.97. The van der Waals surface area contributed by atoms with Gasteiger partial charge in [0, 0.05) is 24.9 Å². The Labute approximate surface area is 147 Å². The summed E-state index contributed by atoms with van der Waals surface area (Å²) in [5.41, 5.74) is 0. The Morgan fingerprint density at radius 3 is 1.46 bits per heavy atom. The zero-order valence-corrected chi connectivity index (χ0v) is 15.6. The molecule has 0 saturated heterocycles. The maximum atomic E-state index is 12.0. The van der Waals surface area contributed by atoms with Crippen LogP contribution in [0.3, 0.4) is 0 Å². The summed E-state index contributed by atoms with van der Waals surface area (Å²) in [5.74, 6) is 1.53. The molecular weight excluding hydrogens is 300 g/mol. The molecule has 2 aliphatic rings. The summed E-state index contributed by atoms with van der Waals surface area (Å²) < 4.78 is 0. The lowest BCUT2D eigenvalue weighted by Crippen LogP contribution is -2.41. The van der Waals surface area contributed by atoms with E-state index in [1.54, 1.807) is 0 Å². The Balaban J connectivity index is 1.55. The maximum absolute atomic E-state index is 12.0. The molecule has 2 rings (SSSR count). The number of amides is 2. The van der Waals surface area contributed by atoms with Crippen LogP contribution in [-0.2, 0) is 9.59 Å². The molecule has 0 spiro atoms. The van der Waals surface area contributed by atoms with Crippen molar-refractivity contribution >= 4 is 11.8 Å². The zero-order chi connectivity index (χ0) is 17.4. The third kappa shape index (κ3) is 6.45. The van der Waals surface area contributed by atoms with Crippen LogP contribution in [0.5, 0.6) is 0 Å². The molecule has 2 saturated carbocycles. The first-order chi connectivity index (χ1) is 11.6. The van der Waals surface area contributed by atoms with Gasteiger partial charge in [0.25, 0.3) is 0 Å². The Bertz CT molecular complexity index is 372. The molecule has 0 unspecified atom stereocenters. The normalized spacial score (nSPS) is 30.6. The summed E-state index contributed by atoms with van der Waals surface area (Å²) in [6.45, 7) is 4.47. The van der Waals surface area contributed by atoms with Crippen molar-refractivity contribution in [2.24, 2.45) is 11.8 Å². The second kappa shape index (κ2) is 10.0. The Morgan fingerprint density at radius 2 is 1.08 bits per heavy atom. The Kier molecular flexibility index (Phi) is 8.07. The zero-order valence-electron chi connectivity index (χ0n) is 15.6. The molecule has 0 heterocycles. The van der Waals surface area contributed by atoms with Gasteiger partial charge in [0.2, 0.25) is 11.8 Å². The second-order valence-corrected chi connectivity index (χ2v) is 8.08. The van der Waals surface area contributed by atoms with Gasteiger partial charge in [-0.2, -0.15) is 0 Å². The minimum Gasteiger partial charge on any atom is -0.353 e. The number of hydrogen-bond donors (Lipinski definition) is 2. The van der Waals surface area contributed by atoms with Crippen molar-refractivity contribution in [2.75, 3.05) is 0 Å². The predicted octanol–water partition coefficient (Wildman–Crippen LogP) is 3.94. The lowest BCUT2D eigenvalue weighted by molar-refractivity contribution is -0.124. The van der Waals surface area contributed by atoms with Gasteiger partial charge in [-0.1, -0.05) is 39.5 Å². The molecule has 0 radical (unpaired) electrons. The van der Waals surface area contributed by atoms with E-state index in [4.69, 9.17) is 0 Å². The average Bonchev–Trinajstić information content (AvgIpc) is 2.56. The molecule has 4 heteroatoms. The SMILES string of the molecule is C[C@@H]1CCCC[C@@H]1NC(=O)CCCCC(=O)N[C@@H]1CCCC[C@H]1C. The molecule has 2 fully saturated rings. The smallest absolute Gasteiger partial charge is 0.220 e. The molecule has 2 aliphatic carbocycles. The lowest BCUT2D eigenvalue weighted by Gasteiger charge is -2.29. The van der Waals surface area contributed by atoms with Crippen molar-refractivity contribution in [2.45, 2.75) is 103 Å². The van der Waals surface area contributed by atoms with E-state index in [2.05, 4.69) is 24.5 Å². The van der Waals surface area contributed by atoms with Crippen molar-refractivity contribution in [1.29, 1.82) is 0 Å². The van der Waals surface area contributed by atoms with Crippen molar-refractivity contribution < 1.29 is 9.59 Å². The third-order valence-electron chi connectivity index (χ3n) is 5.97. The highest BCUT2D eigenvalue weighted by molar-refractivity contribution is 5.77. The highest BCUT2D eigenvalue weighted by Gasteiger charge is 2.23. The molecule has 0 aromatic heterocycles. The minimum absolute atomic E-state index is 0.162. The summed E-state index contributed by atoms with van der Waals surface area (Å²) in [4.78, 5) is 24.1. The van der Waals surface area contributed by atoms with Crippen molar-refractivity contribution in [3.05, 3.63) is 0 Å². The molecule has 0 aliphatic heterocycles. The highest BCUT2D eigenvalue weighted by atomic mass is 16.2. The molecule has 0 aromatic rings.